The number of thioether (sulfide) groups is 1. The fourth-order valence-electron chi connectivity index (χ4n) is 1.06. The van der Waals surface area contributed by atoms with Crippen LogP contribution in [0.3, 0.4) is 0 Å². The lowest BCUT2D eigenvalue weighted by Gasteiger charge is -2.28. The van der Waals surface area contributed by atoms with Crippen molar-refractivity contribution in [1.29, 1.82) is 0 Å². The van der Waals surface area contributed by atoms with E-state index in [4.69, 9.17) is 4.74 Å². The maximum absolute atomic E-state index is 4.94. The third-order valence-electron chi connectivity index (χ3n) is 2.24. The molecule has 0 radical (unpaired) electrons. The van der Waals surface area contributed by atoms with Crippen LogP contribution in [0.2, 0.25) is 0 Å². The van der Waals surface area contributed by atoms with E-state index >= 15 is 0 Å². The molecule has 1 aliphatic heterocycles. The van der Waals surface area contributed by atoms with Crippen molar-refractivity contribution in [3.05, 3.63) is 0 Å². The zero-order chi connectivity index (χ0) is 9.68. The predicted octanol–water partition coefficient (Wildman–Crippen LogP) is 1.35. The van der Waals surface area contributed by atoms with Crippen molar-refractivity contribution in [2.24, 2.45) is 10.9 Å². The van der Waals surface area contributed by atoms with Gasteiger partial charge in [-0.25, -0.2) is 0 Å². The summed E-state index contributed by atoms with van der Waals surface area (Å²) in [7, 11) is 1.70. The van der Waals surface area contributed by atoms with Gasteiger partial charge in [0.15, 0.2) is 5.17 Å². The maximum Gasteiger partial charge on any atom is 0.156 e. The van der Waals surface area contributed by atoms with Gasteiger partial charge in [0.2, 0.25) is 0 Å². The summed E-state index contributed by atoms with van der Waals surface area (Å²) >= 11 is 1.81. The molecule has 4 heteroatoms. The van der Waals surface area contributed by atoms with Crippen molar-refractivity contribution in [3.63, 3.8) is 0 Å². The van der Waals surface area contributed by atoms with Crippen molar-refractivity contribution >= 4 is 16.9 Å². The summed E-state index contributed by atoms with van der Waals surface area (Å²) in [6.07, 6.45) is 0. The Morgan fingerprint density at radius 2 is 2.38 bits per heavy atom. The average molecular weight is 202 g/mol. The molecule has 0 aliphatic carbocycles. The van der Waals surface area contributed by atoms with Crippen molar-refractivity contribution in [3.8, 4) is 0 Å². The monoisotopic (exact) mass is 202 g/mol. The molecule has 0 aromatic heterocycles. The van der Waals surface area contributed by atoms with Gasteiger partial charge in [-0.1, -0.05) is 18.7 Å². The van der Waals surface area contributed by atoms with E-state index < -0.39 is 0 Å². The van der Waals surface area contributed by atoms with Crippen LogP contribution in [0, 0.1) is 5.92 Å². The lowest BCUT2D eigenvalue weighted by molar-refractivity contribution is 0.208. The van der Waals surface area contributed by atoms with Gasteiger partial charge in [-0.15, -0.1) is 0 Å². The van der Waals surface area contributed by atoms with Gasteiger partial charge in [-0.2, -0.15) is 0 Å². The molecule has 1 rings (SSSR count). The quantitative estimate of drug-likeness (QED) is 0.701. The number of aliphatic imine (C=N–C) groups is 1. The van der Waals surface area contributed by atoms with Crippen molar-refractivity contribution in [1.82, 2.24) is 5.32 Å². The Bertz CT molecular complexity index is 184. The molecule has 0 amide bonds. The number of nitrogens with zero attached hydrogens (tertiary/aromatic N) is 1. The summed E-state index contributed by atoms with van der Waals surface area (Å²) in [5.74, 6) is 1.89. The van der Waals surface area contributed by atoms with Gasteiger partial charge in [0.25, 0.3) is 0 Å². The van der Waals surface area contributed by atoms with Crippen molar-refractivity contribution in [2.45, 2.75) is 19.9 Å². The minimum absolute atomic E-state index is 0.544. The molecule has 1 fully saturated rings. The minimum Gasteiger partial charge on any atom is -0.383 e. The van der Waals surface area contributed by atoms with Gasteiger partial charge in [-0.3, -0.25) is 4.99 Å². The highest BCUT2D eigenvalue weighted by molar-refractivity contribution is 8.13. The van der Waals surface area contributed by atoms with Crippen LogP contribution in [-0.4, -0.2) is 37.2 Å². The molecule has 0 aromatic rings. The molecule has 0 aromatic carbocycles. The van der Waals surface area contributed by atoms with Crippen LogP contribution in [-0.2, 0) is 4.74 Å². The lowest BCUT2D eigenvalue weighted by Crippen LogP contribution is -2.41. The average Bonchev–Trinajstić information content (AvgIpc) is 2.12. The van der Waals surface area contributed by atoms with Gasteiger partial charge >= 0.3 is 0 Å². The van der Waals surface area contributed by atoms with E-state index in [1.807, 2.05) is 11.8 Å². The molecule has 76 valence electrons. The number of amidine groups is 1. The number of hydrogen-bond donors (Lipinski definition) is 1. The molecule has 2 atom stereocenters. The number of nitrogens with one attached hydrogen (secondary N) is 1. The number of methoxy groups -OCH3 is 1. The Balaban J connectivity index is 2.32. The molecule has 0 spiro atoms. The third kappa shape index (κ3) is 3.56. The Labute approximate surface area is 84.3 Å². The highest BCUT2D eigenvalue weighted by Gasteiger charge is 2.20. The van der Waals surface area contributed by atoms with Gasteiger partial charge in [0.05, 0.1) is 13.2 Å². The normalized spacial score (nSPS) is 31.8. The zero-order valence-corrected chi connectivity index (χ0v) is 9.36. The van der Waals surface area contributed by atoms with Gasteiger partial charge in [-0.05, 0) is 12.8 Å². The molecule has 3 nitrogen and oxygen atoms in total. The van der Waals surface area contributed by atoms with Gasteiger partial charge in [0, 0.05) is 18.9 Å². The van der Waals surface area contributed by atoms with E-state index in [0.717, 1.165) is 17.6 Å². The Morgan fingerprint density at radius 3 is 3.00 bits per heavy atom. The van der Waals surface area contributed by atoms with E-state index in [2.05, 4.69) is 24.2 Å². The Morgan fingerprint density at radius 1 is 1.62 bits per heavy atom. The van der Waals surface area contributed by atoms with E-state index in [9.17, 15) is 0 Å². The fourth-order valence-corrected chi connectivity index (χ4v) is 2.22. The summed E-state index contributed by atoms with van der Waals surface area (Å²) in [6.45, 7) is 5.93. The first kappa shape index (κ1) is 10.9. The maximum atomic E-state index is 4.94. The predicted molar refractivity (Wildman–Crippen MR) is 58.4 cm³/mol. The van der Waals surface area contributed by atoms with Crippen molar-refractivity contribution in [2.75, 3.05) is 26.0 Å². The van der Waals surface area contributed by atoms with Crippen LogP contribution in [0.25, 0.3) is 0 Å². The second-order valence-corrected chi connectivity index (χ2v) is 4.41. The van der Waals surface area contributed by atoms with Crippen LogP contribution in [0.5, 0.6) is 0 Å². The molecule has 2 unspecified atom stereocenters. The van der Waals surface area contributed by atoms with Crippen molar-refractivity contribution < 1.29 is 4.74 Å². The summed E-state index contributed by atoms with van der Waals surface area (Å²) < 4.78 is 4.94. The first-order valence-corrected chi connectivity index (χ1v) is 5.65. The highest BCUT2D eigenvalue weighted by Crippen LogP contribution is 2.18. The number of ether oxygens (including phenoxy) is 1. The summed E-state index contributed by atoms with van der Waals surface area (Å²) in [6, 6.07) is 0.544. The van der Waals surface area contributed by atoms with E-state index in [1.165, 1.54) is 5.75 Å². The summed E-state index contributed by atoms with van der Waals surface area (Å²) in [4.78, 5) is 4.40. The molecule has 1 heterocycles. The molecule has 1 aliphatic rings. The van der Waals surface area contributed by atoms with Crippen LogP contribution in [0.15, 0.2) is 4.99 Å². The third-order valence-corrected chi connectivity index (χ3v) is 3.45. The lowest BCUT2D eigenvalue weighted by atomic mass is 10.1. The van der Waals surface area contributed by atoms with Gasteiger partial charge < -0.3 is 10.1 Å². The fraction of sp³-hybridized carbons (Fsp3) is 0.889. The topological polar surface area (TPSA) is 33.6 Å². The number of hydrogen-bond acceptors (Lipinski definition) is 3. The first-order chi connectivity index (χ1) is 6.24. The smallest absolute Gasteiger partial charge is 0.156 e. The number of rotatable bonds is 3. The van der Waals surface area contributed by atoms with Crippen LogP contribution < -0.4 is 5.32 Å². The minimum atomic E-state index is 0.544. The zero-order valence-electron chi connectivity index (χ0n) is 8.54. The molecular formula is C9H18N2OS. The van der Waals surface area contributed by atoms with E-state index in [0.29, 0.717) is 12.6 Å². The largest absolute Gasteiger partial charge is 0.383 e. The van der Waals surface area contributed by atoms with Crippen LogP contribution >= 0.6 is 11.8 Å². The summed E-state index contributed by atoms with van der Waals surface area (Å²) in [5, 5.41) is 4.45. The summed E-state index contributed by atoms with van der Waals surface area (Å²) in [5.41, 5.74) is 0. The molecule has 0 saturated carbocycles. The molecule has 1 N–H and O–H groups in total. The SMILES string of the molecule is COCCN=C1NC(C)C(C)CS1. The molecule has 1 saturated heterocycles. The molecule has 0 bridgehead atoms. The first-order valence-electron chi connectivity index (χ1n) is 4.66. The van der Waals surface area contributed by atoms with E-state index in [-0.39, 0.29) is 0 Å². The Hall–Kier alpha value is -0.220. The van der Waals surface area contributed by atoms with Crippen LogP contribution in [0.1, 0.15) is 13.8 Å². The highest BCUT2D eigenvalue weighted by atomic mass is 32.2. The standard InChI is InChI=1S/C9H18N2OS/c1-7-6-13-9(11-8(7)2)10-4-5-12-3/h7-8H,4-6H2,1-3H3,(H,10,11). The van der Waals surface area contributed by atoms with Crippen LogP contribution in [0.4, 0.5) is 0 Å². The second-order valence-electron chi connectivity index (χ2n) is 3.40. The second kappa shape index (κ2) is 5.50. The van der Waals surface area contributed by atoms with Gasteiger partial charge in [0.1, 0.15) is 0 Å². The Kier molecular flexibility index (Phi) is 4.59. The molecular weight excluding hydrogens is 184 g/mol. The molecule has 13 heavy (non-hydrogen) atoms. The van der Waals surface area contributed by atoms with E-state index in [1.54, 1.807) is 7.11 Å².